The van der Waals surface area contributed by atoms with E-state index < -0.39 is 0 Å². The van der Waals surface area contributed by atoms with E-state index in [0.29, 0.717) is 18.8 Å². The van der Waals surface area contributed by atoms with Gasteiger partial charge in [0.25, 0.3) is 0 Å². The predicted molar refractivity (Wildman–Crippen MR) is 80.4 cm³/mol. The molecule has 0 atom stereocenters. The minimum absolute atomic E-state index is 0.343. The largest absolute Gasteiger partial charge is 0.465 e. The molecule has 0 spiro atoms. The molecule has 2 rings (SSSR count). The van der Waals surface area contributed by atoms with Crippen LogP contribution in [-0.2, 0) is 22.7 Å². The van der Waals surface area contributed by atoms with Gasteiger partial charge in [-0.2, -0.15) is 0 Å². The lowest BCUT2D eigenvalue weighted by molar-refractivity contribution is 0.0590. The normalized spacial score (nSPS) is 10.3. The Bertz CT molecular complexity index is 596. The molecule has 0 aliphatic heterocycles. The minimum atomic E-state index is -0.343. The highest BCUT2D eigenvalue weighted by molar-refractivity contribution is 9.10. The van der Waals surface area contributed by atoms with Gasteiger partial charge in [0.05, 0.1) is 25.9 Å². The summed E-state index contributed by atoms with van der Waals surface area (Å²) in [5.41, 5.74) is 2.44. The molecule has 0 bridgehead atoms. The average Bonchev–Trinajstić information content (AvgIpc) is 2.49. The van der Waals surface area contributed by atoms with Crippen LogP contribution in [0.5, 0.6) is 0 Å². The quantitative estimate of drug-likeness (QED) is 0.776. The van der Waals surface area contributed by atoms with Gasteiger partial charge < -0.3 is 9.47 Å². The van der Waals surface area contributed by atoms with Crippen molar-refractivity contribution in [1.82, 2.24) is 0 Å². The summed E-state index contributed by atoms with van der Waals surface area (Å²) in [7, 11) is 1.38. The highest BCUT2D eigenvalue weighted by atomic mass is 79.9. The molecule has 0 aromatic heterocycles. The second-order valence-electron chi connectivity index (χ2n) is 4.23. The van der Waals surface area contributed by atoms with Gasteiger partial charge in [-0.25, -0.2) is 4.79 Å². The second-order valence-corrected chi connectivity index (χ2v) is 5.09. The van der Waals surface area contributed by atoms with Crippen molar-refractivity contribution in [3.8, 4) is 0 Å². The lowest BCUT2D eigenvalue weighted by Gasteiger charge is -2.09. The van der Waals surface area contributed by atoms with Crippen molar-refractivity contribution in [3.05, 3.63) is 69.7 Å². The first-order valence-corrected chi connectivity index (χ1v) is 6.99. The highest BCUT2D eigenvalue weighted by Gasteiger charge is 2.10. The SMILES string of the molecule is COC(=O)c1ccccc1COCc1ccccc1Br. The monoisotopic (exact) mass is 334 g/mol. The van der Waals surface area contributed by atoms with Gasteiger partial charge in [0, 0.05) is 4.47 Å². The van der Waals surface area contributed by atoms with E-state index in [2.05, 4.69) is 15.9 Å². The molecule has 3 nitrogen and oxygen atoms in total. The Labute approximate surface area is 126 Å². The summed E-state index contributed by atoms with van der Waals surface area (Å²) in [5, 5.41) is 0. The number of hydrogen-bond acceptors (Lipinski definition) is 3. The molecule has 20 heavy (non-hydrogen) atoms. The lowest BCUT2D eigenvalue weighted by Crippen LogP contribution is -2.06. The summed E-state index contributed by atoms with van der Waals surface area (Å²) < 4.78 is 11.5. The lowest BCUT2D eigenvalue weighted by atomic mass is 10.1. The maximum atomic E-state index is 11.6. The van der Waals surface area contributed by atoms with Gasteiger partial charge in [-0.15, -0.1) is 0 Å². The first-order valence-electron chi connectivity index (χ1n) is 6.19. The Morgan fingerprint density at radius 3 is 2.30 bits per heavy atom. The summed E-state index contributed by atoms with van der Waals surface area (Å²) in [5.74, 6) is -0.343. The third-order valence-electron chi connectivity index (χ3n) is 2.90. The van der Waals surface area contributed by atoms with Crippen LogP contribution in [0.15, 0.2) is 53.0 Å². The summed E-state index contributed by atoms with van der Waals surface area (Å²) in [6.07, 6.45) is 0. The Hall–Kier alpha value is -1.65. The fourth-order valence-electron chi connectivity index (χ4n) is 1.84. The molecule has 0 aliphatic carbocycles. The molecule has 0 saturated heterocycles. The van der Waals surface area contributed by atoms with Crippen LogP contribution in [0.4, 0.5) is 0 Å². The number of esters is 1. The first-order chi connectivity index (χ1) is 9.72. The van der Waals surface area contributed by atoms with Crippen molar-refractivity contribution in [3.63, 3.8) is 0 Å². The second kappa shape index (κ2) is 7.22. The molecule has 0 unspecified atom stereocenters. The van der Waals surface area contributed by atoms with Crippen LogP contribution in [0.25, 0.3) is 0 Å². The number of carbonyl (C=O) groups is 1. The zero-order valence-electron chi connectivity index (χ0n) is 11.1. The van der Waals surface area contributed by atoms with Crippen molar-refractivity contribution in [2.24, 2.45) is 0 Å². The fourth-order valence-corrected chi connectivity index (χ4v) is 2.24. The number of carbonyl (C=O) groups excluding carboxylic acids is 1. The molecule has 104 valence electrons. The van der Waals surface area contributed by atoms with E-state index in [-0.39, 0.29) is 5.97 Å². The molecule has 4 heteroatoms. The summed E-state index contributed by atoms with van der Waals surface area (Å²) in [6.45, 7) is 0.851. The number of ether oxygens (including phenoxy) is 2. The van der Waals surface area contributed by atoms with Crippen LogP contribution in [0.3, 0.4) is 0 Å². The Morgan fingerprint density at radius 2 is 1.60 bits per heavy atom. The molecule has 0 heterocycles. The molecule has 2 aromatic rings. The smallest absolute Gasteiger partial charge is 0.338 e. The topological polar surface area (TPSA) is 35.5 Å². The molecule has 0 saturated carbocycles. The molecule has 0 aliphatic rings. The van der Waals surface area contributed by atoms with E-state index in [1.807, 2.05) is 42.5 Å². The van der Waals surface area contributed by atoms with Gasteiger partial charge in [0.1, 0.15) is 0 Å². The van der Waals surface area contributed by atoms with E-state index in [4.69, 9.17) is 9.47 Å². The molecule has 0 amide bonds. The molecule has 0 radical (unpaired) electrons. The van der Waals surface area contributed by atoms with E-state index >= 15 is 0 Å². The van der Waals surface area contributed by atoms with Crippen molar-refractivity contribution >= 4 is 21.9 Å². The molecule has 0 fully saturated rings. The molecular formula is C16H15BrO3. The van der Waals surface area contributed by atoms with Gasteiger partial charge in [0.2, 0.25) is 0 Å². The highest BCUT2D eigenvalue weighted by Crippen LogP contribution is 2.18. The van der Waals surface area contributed by atoms with E-state index in [0.717, 1.165) is 15.6 Å². The van der Waals surface area contributed by atoms with Crippen molar-refractivity contribution in [2.45, 2.75) is 13.2 Å². The minimum Gasteiger partial charge on any atom is -0.465 e. The van der Waals surface area contributed by atoms with Gasteiger partial charge >= 0.3 is 5.97 Å². The number of halogens is 1. The number of rotatable bonds is 5. The fraction of sp³-hybridized carbons (Fsp3) is 0.188. The molecule has 2 aromatic carbocycles. The van der Waals surface area contributed by atoms with Crippen LogP contribution < -0.4 is 0 Å². The number of benzene rings is 2. The van der Waals surface area contributed by atoms with Crippen LogP contribution in [0, 0.1) is 0 Å². The van der Waals surface area contributed by atoms with Crippen LogP contribution in [-0.4, -0.2) is 13.1 Å². The van der Waals surface area contributed by atoms with Crippen molar-refractivity contribution in [1.29, 1.82) is 0 Å². The Morgan fingerprint density at radius 1 is 1.00 bits per heavy atom. The third kappa shape index (κ3) is 3.68. The third-order valence-corrected chi connectivity index (χ3v) is 3.67. The standard InChI is InChI=1S/C16H15BrO3/c1-19-16(18)14-8-4-2-6-12(14)10-20-11-13-7-3-5-9-15(13)17/h2-9H,10-11H2,1H3. The van der Waals surface area contributed by atoms with Gasteiger partial charge in [-0.05, 0) is 23.3 Å². The Kier molecular flexibility index (Phi) is 5.32. The van der Waals surface area contributed by atoms with Gasteiger partial charge in [-0.1, -0.05) is 52.3 Å². The van der Waals surface area contributed by atoms with E-state index in [9.17, 15) is 4.79 Å². The number of hydrogen-bond donors (Lipinski definition) is 0. The zero-order valence-corrected chi connectivity index (χ0v) is 12.7. The van der Waals surface area contributed by atoms with Crippen LogP contribution >= 0.6 is 15.9 Å². The molecule has 0 N–H and O–H groups in total. The van der Waals surface area contributed by atoms with Crippen LogP contribution in [0.1, 0.15) is 21.5 Å². The zero-order chi connectivity index (χ0) is 14.4. The van der Waals surface area contributed by atoms with E-state index in [1.54, 1.807) is 6.07 Å². The summed E-state index contributed by atoms with van der Waals surface area (Å²) >= 11 is 3.48. The van der Waals surface area contributed by atoms with Gasteiger partial charge in [0.15, 0.2) is 0 Å². The Balaban J connectivity index is 2.01. The maximum absolute atomic E-state index is 11.6. The maximum Gasteiger partial charge on any atom is 0.338 e. The van der Waals surface area contributed by atoms with E-state index in [1.165, 1.54) is 7.11 Å². The summed E-state index contributed by atoms with van der Waals surface area (Å²) in [4.78, 5) is 11.6. The average molecular weight is 335 g/mol. The summed E-state index contributed by atoms with van der Waals surface area (Å²) in [6, 6.07) is 15.2. The first kappa shape index (κ1) is 14.8. The predicted octanol–water partition coefficient (Wildman–Crippen LogP) is 3.95. The van der Waals surface area contributed by atoms with Crippen molar-refractivity contribution < 1.29 is 14.3 Å². The van der Waals surface area contributed by atoms with Crippen molar-refractivity contribution in [2.75, 3.05) is 7.11 Å². The molecular weight excluding hydrogens is 320 g/mol. The van der Waals surface area contributed by atoms with Gasteiger partial charge in [-0.3, -0.25) is 0 Å². The number of methoxy groups -OCH3 is 1. The van der Waals surface area contributed by atoms with Crippen LogP contribution in [0.2, 0.25) is 0 Å².